The standard InChI is InChI=1S/C19H27N3O3/c1-12(2)10-19(5)17(24)22(18(25)21-19)11-16(23)20-15-8-6-7-14(9-15)13(3)4/h6-9,12-13H,10-11H2,1-5H3,(H,20,23)(H,21,25). The van der Waals surface area contributed by atoms with Crippen LogP contribution in [0.15, 0.2) is 24.3 Å². The predicted octanol–water partition coefficient (Wildman–Crippen LogP) is 3.11. The summed E-state index contributed by atoms with van der Waals surface area (Å²) in [6.45, 7) is 9.54. The van der Waals surface area contributed by atoms with Crippen LogP contribution in [0.4, 0.5) is 10.5 Å². The van der Waals surface area contributed by atoms with Crippen molar-refractivity contribution in [2.75, 3.05) is 11.9 Å². The number of anilines is 1. The molecule has 1 aromatic carbocycles. The van der Waals surface area contributed by atoms with Gasteiger partial charge in [0.05, 0.1) is 0 Å². The first-order valence-corrected chi connectivity index (χ1v) is 8.66. The molecule has 0 bridgehead atoms. The van der Waals surface area contributed by atoms with Crippen molar-refractivity contribution >= 4 is 23.5 Å². The van der Waals surface area contributed by atoms with Crippen LogP contribution in [0, 0.1) is 5.92 Å². The van der Waals surface area contributed by atoms with Gasteiger partial charge < -0.3 is 10.6 Å². The summed E-state index contributed by atoms with van der Waals surface area (Å²) >= 11 is 0. The van der Waals surface area contributed by atoms with Crippen LogP contribution in [-0.4, -0.2) is 34.8 Å². The molecule has 1 aliphatic rings. The van der Waals surface area contributed by atoms with Crippen molar-refractivity contribution in [1.29, 1.82) is 0 Å². The highest BCUT2D eigenvalue weighted by molar-refractivity contribution is 6.09. The Balaban J connectivity index is 2.04. The fourth-order valence-electron chi connectivity index (χ4n) is 3.17. The molecule has 136 valence electrons. The Morgan fingerprint density at radius 2 is 1.92 bits per heavy atom. The van der Waals surface area contributed by atoms with Crippen molar-refractivity contribution in [2.45, 2.75) is 52.5 Å². The second-order valence-corrected chi connectivity index (χ2v) is 7.58. The average Bonchev–Trinajstić information content (AvgIpc) is 2.70. The van der Waals surface area contributed by atoms with E-state index in [1.54, 1.807) is 13.0 Å². The number of nitrogens with one attached hydrogen (secondary N) is 2. The Morgan fingerprint density at radius 3 is 2.52 bits per heavy atom. The lowest BCUT2D eigenvalue weighted by molar-refractivity contribution is -0.133. The molecule has 4 amide bonds. The summed E-state index contributed by atoms with van der Waals surface area (Å²) in [4.78, 5) is 38.0. The van der Waals surface area contributed by atoms with Crippen molar-refractivity contribution in [1.82, 2.24) is 10.2 Å². The topological polar surface area (TPSA) is 78.5 Å². The summed E-state index contributed by atoms with van der Waals surface area (Å²) in [6.07, 6.45) is 0.534. The highest BCUT2D eigenvalue weighted by atomic mass is 16.2. The number of amides is 4. The minimum absolute atomic E-state index is 0.252. The van der Waals surface area contributed by atoms with Gasteiger partial charge in [0.2, 0.25) is 5.91 Å². The van der Waals surface area contributed by atoms with E-state index in [0.29, 0.717) is 18.0 Å². The largest absolute Gasteiger partial charge is 0.325 e. The van der Waals surface area contributed by atoms with E-state index in [1.807, 2.05) is 32.0 Å². The third-order valence-electron chi connectivity index (χ3n) is 4.30. The average molecular weight is 345 g/mol. The molecule has 25 heavy (non-hydrogen) atoms. The van der Waals surface area contributed by atoms with Gasteiger partial charge in [0.15, 0.2) is 0 Å². The first kappa shape index (κ1) is 19.0. The molecule has 1 unspecified atom stereocenters. The Labute approximate surface area is 149 Å². The van der Waals surface area contributed by atoms with Gasteiger partial charge in [-0.3, -0.25) is 14.5 Å². The minimum atomic E-state index is -0.941. The molecule has 0 aliphatic carbocycles. The Morgan fingerprint density at radius 1 is 1.24 bits per heavy atom. The molecule has 0 spiro atoms. The number of carbonyl (C=O) groups is 3. The van der Waals surface area contributed by atoms with E-state index < -0.39 is 17.5 Å². The molecule has 2 N–H and O–H groups in total. The number of urea groups is 1. The van der Waals surface area contributed by atoms with Gasteiger partial charge in [-0.2, -0.15) is 0 Å². The molecular formula is C19H27N3O3. The molecular weight excluding hydrogens is 318 g/mol. The van der Waals surface area contributed by atoms with Gasteiger partial charge in [-0.15, -0.1) is 0 Å². The van der Waals surface area contributed by atoms with Gasteiger partial charge in [-0.25, -0.2) is 4.79 Å². The summed E-state index contributed by atoms with van der Waals surface area (Å²) in [7, 11) is 0. The lowest BCUT2D eigenvalue weighted by atomic mass is 9.91. The number of hydrogen-bond acceptors (Lipinski definition) is 3. The van der Waals surface area contributed by atoms with Crippen LogP contribution in [0.1, 0.15) is 52.5 Å². The van der Waals surface area contributed by atoms with Crippen molar-refractivity contribution in [3.05, 3.63) is 29.8 Å². The molecule has 1 saturated heterocycles. The number of imide groups is 1. The van der Waals surface area contributed by atoms with Crippen molar-refractivity contribution in [3.63, 3.8) is 0 Å². The molecule has 1 aromatic rings. The van der Waals surface area contributed by atoms with Crippen LogP contribution in [-0.2, 0) is 9.59 Å². The van der Waals surface area contributed by atoms with Crippen LogP contribution in [0.2, 0.25) is 0 Å². The van der Waals surface area contributed by atoms with E-state index in [9.17, 15) is 14.4 Å². The molecule has 1 aliphatic heterocycles. The van der Waals surface area contributed by atoms with Crippen molar-refractivity contribution < 1.29 is 14.4 Å². The van der Waals surface area contributed by atoms with Crippen LogP contribution in [0.25, 0.3) is 0 Å². The van der Waals surface area contributed by atoms with Gasteiger partial charge in [-0.1, -0.05) is 39.8 Å². The van der Waals surface area contributed by atoms with Crippen molar-refractivity contribution in [2.24, 2.45) is 5.92 Å². The van der Waals surface area contributed by atoms with Crippen molar-refractivity contribution in [3.8, 4) is 0 Å². The highest BCUT2D eigenvalue weighted by Crippen LogP contribution is 2.25. The molecule has 6 heteroatoms. The number of benzene rings is 1. The minimum Gasteiger partial charge on any atom is -0.325 e. The zero-order chi connectivity index (χ0) is 18.8. The van der Waals surface area contributed by atoms with E-state index in [-0.39, 0.29) is 18.4 Å². The molecule has 6 nitrogen and oxygen atoms in total. The van der Waals surface area contributed by atoms with Crippen LogP contribution in [0.5, 0.6) is 0 Å². The zero-order valence-corrected chi connectivity index (χ0v) is 15.6. The van der Waals surface area contributed by atoms with E-state index in [2.05, 4.69) is 24.5 Å². The van der Waals surface area contributed by atoms with Gasteiger partial charge in [0, 0.05) is 5.69 Å². The number of hydrogen-bond donors (Lipinski definition) is 2. The van der Waals surface area contributed by atoms with Crippen LogP contribution < -0.4 is 10.6 Å². The van der Waals surface area contributed by atoms with Crippen LogP contribution >= 0.6 is 0 Å². The Bertz CT molecular complexity index is 684. The normalized spacial score (nSPS) is 20.4. The van der Waals surface area contributed by atoms with E-state index in [0.717, 1.165) is 10.5 Å². The van der Waals surface area contributed by atoms with Gasteiger partial charge in [0.1, 0.15) is 12.1 Å². The molecule has 0 aromatic heterocycles. The summed E-state index contributed by atoms with van der Waals surface area (Å²) in [5.41, 5.74) is 0.828. The quantitative estimate of drug-likeness (QED) is 0.778. The summed E-state index contributed by atoms with van der Waals surface area (Å²) in [6, 6.07) is 7.04. The smallest absolute Gasteiger partial charge is 0.325 e. The van der Waals surface area contributed by atoms with Gasteiger partial charge in [-0.05, 0) is 42.9 Å². The van der Waals surface area contributed by atoms with E-state index in [1.165, 1.54) is 0 Å². The monoisotopic (exact) mass is 345 g/mol. The molecule has 0 saturated carbocycles. The summed E-state index contributed by atoms with van der Waals surface area (Å²) in [5.74, 6) is -0.142. The third-order valence-corrected chi connectivity index (χ3v) is 4.30. The molecule has 1 atom stereocenters. The predicted molar refractivity (Wildman–Crippen MR) is 97.3 cm³/mol. The molecule has 1 fully saturated rings. The van der Waals surface area contributed by atoms with E-state index >= 15 is 0 Å². The lowest BCUT2D eigenvalue weighted by Crippen LogP contribution is -2.45. The van der Waals surface area contributed by atoms with Gasteiger partial charge >= 0.3 is 6.03 Å². The number of rotatable bonds is 6. The maximum Gasteiger partial charge on any atom is 0.325 e. The van der Waals surface area contributed by atoms with Gasteiger partial charge in [0.25, 0.3) is 5.91 Å². The Kier molecular flexibility index (Phi) is 5.50. The molecule has 1 heterocycles. The molecule has 0 radical (unpaired) electrons. The second-order valence-electron chi connectivity index (χ2n) is 7.58. The highest BCUT2D eigenvalue weighted by Gasteiger charge is 2.48. The number of carbonyl (C=O) groups excluding carboxylic acids is 3. The fraction of sp³-hybridized carbons (Fsp3) is 0.526. The SMILES string of the molecule is CC(C)CC1(C)NC(=O)N(CC(=O)Nc2cccc(C(C)C)c2)C1=O. The fourth-order valence-corrected chi connectivity index (χ4v) is 3.17. The first-order valence-electron chi connectivity index (χ1n) is 8.66. The number of nitrogens with zero attached hydrogens (tertiary/aromatic N) is 1. The summed E-state index contributed by atoms with van der Waals surface area (Å²) in [5, 5.41) is 5.47. The third kappa shape index (κ3) is 4.38. The lowest BCUT2D eigenvalue weighted by Gasteiger charge is -2.23. The zero-order valence-electron chi connectivity index (χ0n) is 15.6. The molecule has 2 rings (SSSR count). The maximum absolute atomic E-state index is 12.6. The van der Waals surface area contributed by atoms with E-state index in [4.69, 9.17) is 0 Å². The van der Waals surface area contributed by atoms with Crippen LogP contribution in [0.3, 0.4) is 0 Å². The second kappa shape index (κ2) is 7.25. The summed E-state index contributed by atoms with van der Waals surface area (Å²) < 4.78 is 0. The maximum atomic E-state index is 12.6. The Hall–Kier alpha value is -2.37. The first-order chi connectivity index (χ1) is 11.6.